The Balaban J connectivity index is 2.13. The van der Waals surface area contributed by atoms with Gasteiger partial charge in [-0.3, -0.25) is 0 Å². The average molecular weight is 213 g/mol. The molecule has 1 rings (SSSR count). The maximum atomic E-state index is 5.39. The number of rotatable bonds is 7. The first-order chi connectivity index (χ1) is 7.36. The van der Waals surface area contributed by atoms with Crippen molar-refractivity contribution in [3.05, 3.63) is 0 Å². The highest BCUT2D eigenvalue weighted by atomic mass is 16.5. The Morgan fingerprint density at radius 2 is 1.60 bits per heavy atom. The van der Waals surface area contributed by atoms with Crippen molar-refractivity contribution in [1.29, 1.82) is 0 Å². The summed E-state index contributed by atoms with van der Waals surface area (Å²) in [6, 6.07) is 0. The maximum Gasteiger partial charge on any atom is 0.0468 e. The molecule has 1 aliphatic heterocycles. The van der Waals surface area contributed by atoms with Crippen molar-refractivity contribution in [2.45, 2.75) is 46.0 Å². The zero-order chi connectivity index (χ0) is 10.9. The molecule has 0 amide bonds. The SMILES string of the molecule is CCCN(CCC)CCC1CCOCC1. The maximum absolute atomic E-state index is 5.39. The topological polar surface area (TPSA) is 12.5 Å². The van der Waals surface area contributed by atoms with E-state index in [1.165, 1.54) is 51.7 Å². The molecule has 0 spiro atoms. The highest BCUT2D eigenvalue weighted by molar-refractivity contribution is 4.66. The first-order valence-corrected chi connectivity index (χ1v) is 6.66. The molecule has 1 saturated heterocycles. The second kappa shape index (κ2) is 8.12. The molecule has 0 bridgehead atoms. The van der Waals surface area contributed by atoms with Gasteiger partial charge in [0.15, 0.2) is 0 Å². The van der Waals surface area contributed by atoms with Crippen LogP contribution >= 0.6 is 0 Å². The molecule has 1 heterocycles. The Labute approximate surface area is 95.0 Å². The molecule has 0 radical (unpaired) electrons. The summed E-state index contributed by atoms with van der Waals surface area (Å²) in [5.41, 5.74) is 0. The van der Waals surface area contributed by atoms with E-state index in [4.69, 9.17) is 4.74 Å². The van der Waals surface area contributed by atoms with Crippen LogP contribution in [0.25, 0.3) is 0 Å². The number of ether oxygens (including phenoxy) is 1. The summed E-state index contributed by atoms with van der Waals surface area (Å²) in [6.45, 7) is 10.4. The van der Waals surface area contributed by atoms with E-state index in [1.54, 1.807) is 0 Å². The van der Waals surface area contributed by atoms with Crippen LogP contribution in [0.1, 0.15) is 46.0 Å². The molecular formula is C13H27NO. The zero-order valence-electron chi connectivity index (χ0n) is 10.5. The molecule has 2 nitrogen and oxygen atoms in total. The van der Waals surface area contributed by atoms with E-state index in [9.17, 15) is 0 Å². The quantitative estimate of drug-likeness (QED) is 0.645. The Bertz CT molecular complexity index is 137. The van der Waals surface area contributed by atoms with Crippen molar-refractivity contribution in [3.63, 3.8) is 0 Å². The van der Waals surface area contributed by atoms with E-state index in [0.717, 1.165) is 19.1 Å². The molecule has 0 aromatic carbocycles. The number of hydrogen-bond acceptors (Lipinski definition) is 2. The second-order valence-electron chi connectivity index (χ2n) is 4.69. The fraction of sp³-hybridized carbons (Fsp3) is 1.00. The van der Waals surface area contributed by atoms with Crippen LogP contribution in [0.2, 0.25) is 0 Å². The lowest BCUT2D eigenvalue weighted by Crippen LogP contribution is -2.29. The second-order valence-corrected chi connectivity index (χ2v) is 4.69. The highest BCUT2D eigenvalue weighted by Crippen LogP contribution is 2.18. The fourth-order valence-electron chi connectivity index (χ4n) is 2.37. The van der Waals surface area contributed by atoms with Crippen molar-refractivity contribution in [2.24, 2.45) is 5.92 Å². The van der Waals surface area contributed by atoms with Crippen LogP contribution < -0.4 is 0 Å². The van der Waals surface area contributed by atoms with E-state index < -0.39 is 0 Å². The lowest BCUT2D eigenvalue weighted by Gasteiger charge is -2.26. The van der Waals surface area contributed by atoms with Crippen LogP contribution in [0.5, 0.6) is 0 Å². The lowest BCUT2D eigenvalue weighted by atomic mass is 9.96. The van der Waals surface area contributed by atoms with Crippen molar-refractivity contribution >= 4 is 0 Å². The third-order valence-corrected chi connectivity index (χ3v) is 3.27. The van der Waals surface area contributed by atoms with Gasteiger partial charge in [-0.15, -0.1) is 0 Å². The third-order valence-electron chi connectivity index (χ3n) is 3.27. The molecule has 0 aliphatic carbocycles. The van der Waals surface area contributed by atoms with Crippen LogP contribution in [-0.2, 0) is 4.74 Å². The van der Waals surface area contributed by atoms with Crippen LogP contribution in [-0.4, -0.2) is 37.7 Å². The van der Waals surface area contributed by atoms with E-state index in [1.807, 2.05) is 0 Å². The predicted molar refractivity (Wildman–Crippen MR) is 65.2 cm³/mol. The van der Waals surface area contributed by atoms with Gasteiger partial charge in [-0.25, -0.2) is 0 Å². The number of nitrogens with zero attached hydrogens (tertiary/aromatic N) is 1. The van der Waals surface area contributed by atoms with Crippen LogP contribution in [0.4, 0.5) is 0 Å². The van der Waals surface area contributed by atoms with E-state index in [2.05, 4.69) is 18.7 Å². The van der Waals surface area contributed by atoms with Gasteiger partial charge >= 0.3 is 0 Å². The largest absolute Gasteiger partial charge is 0.381 e. The first-order valence-electron chi connectivity index (χ1n) is 6.66. The molecule has 0 N–H and O–H groups in total. The molecule has 1 aliphatic rings. The molecule has 0 atom stereocenters. The molecular weight excluding hydrogens is 186 g/mol. The van der Waals surface area contributed by atoms with Gasteiger partial charge in [-0.05, 0) is 57.7 Å². The van der Waals surface area contributed by atoms with Gasteiger partial charge in [0.25, 0.3) is 0 Å². The van der Waals surface area contributed by atoms with Crippen LogP contribution in [0, 0.1) is 5.92 Å². The fourth-order valence-corrected chi connectivity index (χ4v) is 2.37. The Morgan fingerprint density at radius 1 is 1.00 bits per heavy atom. The van der Waals surface area contributed by atoms with Crippen molar-refractivity contribution < 1.29 is 4.74 Å². The van der Waals surface area contributed by atoms with Gasteiger partial charge in [-0.1, -0.05) is 13.8 Å². The molecule has 0 saturated carbocycles. The molecule has 1 fully saturated rings. The van der Waals surface area contributed by atoms with E-state index in [0.29, 0.717) is 0 Å². The first kappa shape index (κ1) is 13.0. The normalized spacial score (nSPS) is 18.6. The highest BCUT2D eigenvalue weighted by Gasteiger charge is 2.14. The standard InChI is InChI=1S/C13H27NO/c1-3-8-14(9-4-2)10-5-13-6-11-15-12-7-13/h13H,3-12H2,1-2H3. The van der Waals surface area contributed by atoms with Gasteiger partial charge in [0.1, 0.15) is 0 Å². The van der Waals surface area contributed by atoms with Gasteiger partial charge < -0.3 is 9.64 Å². The smallest absolute Gasteiger partial charge is 0.0468 e. The summed E-state index contributed by atoms with van der Waals surface area (Å²) in [6.07, 6.45) is 6.52. The molecule has 0 aromatic heterocycles. The third kappa shape index (κ3) is 5.53. The summed E-state index contributed by atoms with van der Waals surface area (Å²) in [4.78, 5) is 2.62. The predicted octanol–water partition coefficient (Wildman–Crippen LogP) is 2.93. The Morgan fingerprint density at radius 3 is 2.13 bits per heavy atom. The van der Waals surface area contributed by atoms with Crippen molar-refractivity contribution in [3.8, 4) is 0 Å². The molecule has 90 valence electrons. The van der Waals surface area contributed by atoms with Gasteiger partial charge in [0.05, 0.1) is 0 Å². The van der Waals surface area contributed by atoms with Crippen molar-refractivity contribution in [2.75, 3.05) is 32.8 Å². The summed E-state index contributed by atoms with van der Waals surface area (Å²) in [5.74, 6) is 0.926. The van der Waals surface area contributed by atoms with E-state index in [-0.39, 0.29) is 0 Å². The summed E-state index contributed by atoms with van der Waals surface area (Å²) in [7, 11) is 0. The van der Waals surface area contributed by atoms with Gasteiger partial charge in [-0.2, -0.15) is 0 Å². The summed E-state index contributed by atoms with van der Waals surface area (Å²) >= 11 is 0. The van der Waals surface area contributed by atoms with Gasteiger partial charge in [0, 0.05) is 13.2 Å². The summed E-state index contributed by atoms with van der Waals surface area (Å²) < 4.78 is 5.39. The minimum absolute atomic E-state index is 0.926. The lowest BCUT2D eigenvalue weighted by molar-refractivity contribution is 0.0600. The zero-order valence-corrected chi connectivity index (χ0v) is 10.5. The van der Waals surface area contributed by atoms with Crippen LogP contribution in [0.15, 0.2) is 0 Å². The molecule has 0 aromatic rings. The molecule has 0 unspecified atom stereocenters. The van der Waals surface area contributed by atoms with Crippen molar-refractivity contribution in [1.82, 2.24) is 4.90 Å². The number of hydrogen-bond donors (Lipinski definition) is 0. The van der Waals surface area contributed by atoms with E-state index >= 15 is 0 Å². The Kier molecular flexibility index (Phi) is 7.03. The minimum atomic E-state index is 0.926. The monoisotopic (exact) mass is 213 g/mol. The minimum Gasteiger partial charge on any atom is -0.381 e. The van der Waals surface area contributed by atoms with Crippen LogP contribution in [0.3, 0.4) is 0 Å². The summed E-state index contributed by atoms with van der Waals surface area (Å²) in [5, 5.41) is 0. The van der Waals surface area contributed by atoms with Gasteiger partial charge in [0.2, 0.25) is 0 Å². The molecule has 15 heavy (non-hydrogen) atoms. The Hall–Kier alpha value is -0.0800. The molecule has 2 heteroatoms. The average Bonchev–Trinajstić information content (AvgIpc) is 2.28.